The zero-order valence-electron chi connectivity index (χ0n) is 10.6. The summed E-state index contributed by atoms with van der Waals surface area (Å²) in [5.74, 6) is -0.718. The van der Waals surface area contributed by atoms with Gasteiger partial charge in [-0.3, -0.25) is 14.4 Å². The molecule has 2 unspecified atom stereocenters. The first-order chi connectivity index (χ1) is 9.49. The zero-order chi connectivity index (χ0) is 14.7. The lowest BCUT2D eigenvalue weighted by molar-refractivity contribution is -0.137. The number of carbonyl (C=O) groups excluding carboxylic acids is 2. The smallest absolute Gasteiger partial charge is 0.318 e. The number of nitrogens with zero attached hydrogens (tertiary/aromatic N) is 1. The molecule has 0 aliphatic carbocycles. The van der Waals surface area contributed by atoms with E-state index in [1.807, 2.05) is 5.38 Å². The molecule has 108 valence electrons. The number of carboxylic acids is 1. The van der Waals surface area contributed by atoms with E-state index in [1.165, 1.54) is 28.0 Å². The van der Waals surface area contributed by atoms with Crippen molar-refractivity contribution in [3.63, 3.8) is 0 Å². The lowest BCUT2D eigenvalue weighted by atomic mass is 10.3. The molecule has 5 nitrogen and oxygen atoms in total. The molecule has 2 heterocycles. The second kappa shape index (κ2) is 6.64. The molecule has 0 aromatic carbocycles. The van der Waals surface area contributed by atoms with Gasteiger partial charge in [0.05, 0.1) is 16.0 Å². The lowest BCUT2D eigenvalue weighted by Gasteiger charge is -2.18. The van der Waals surface area contributed by atoms with Crippen molar-refractivity contribution in [1.82, 2.24) is 4.90 Å². The summed E-state index contributed by atoms with van der Waals surface area (Å²) in [6, 6.07) is 3.52. The molecule has 0 bridgehead atoms. The van der Waals surface area contributed by atoms with E-state index in [-0.39, 0.29) is 17.6 Å². The van der Waals surface area contributed by atoms with Crippen molar-refractivity contribution in [2.24, 2.45) is 0 Å². The van der Waals surface area contributed by atoms with Crippen LogP contribution in [0.2, 0.25) is 0 Å². The first-order valence-electron chi connectivity index (χ1n) is 5.86. The largest absolute Gasteiger partial charge is 0.480 e. The number of aliphatic carboxylic acids is 1. The van der Waals surface area contributed by atoms with Gasteiger partial charge in [-0.2, -0.15) is 0 Å². The SMILES string of the molecule is CC(SC(=O)c1cccs1)C(=O)N1CSC(C(=O)O)C1. The van der Waals surface area contributed by atoms with Gasteiger partial charge in [-0.1, -0.05) is 17.8 Å². The maximum absolute atomic E-state index is 12.2. The van der Waals surface area contributed by atoms with Crippen LogP contribution in [-0.2, 0) is 9.59 Å². The fourth-order valence-electron chi connectivity index (χ4n) is 1.71. The van der Waals surface area contributed by atoms with Crippen LogP contribution in [0.4, 0.5) is 0 Å². The predicted molar refractivity (Wildman–Crippen MR) is 81.3 cm³/mol. The predicted octanol–water partition coefficient (Wildman–Crippen LogP) is 2.00. The van der Waals surface area contributed by atoms with E-state index in [0.29, 0.717) is 10.8 Å². The molecule has 0 saturated carbocycles. The van der Waals surface area contributed by atoms with E-state index < -0.39 is 16.5 Å². The number of hydrogen-bond donors (Lipinski definition) is 1. The molecule has 20 heavy (non-hydrogen) atoms. The van der Waals surface area contributed by atoms with Crippen LogP contribution in [0.15, 0.2) is 17.5 Å². The van der Waals surface area contributed by atoms with E-state index >= 15 is 0 Å². The highest BCUT2D eigenvalue weighted by Gasteiger charge is 2.34. The minimum Gasteiger partial charge on any atom is -0.480 e. The van der Waals surface area contributed by atoms with Gasteiger partial charge in [0.2, 0.25) is 11.0 Å². The van der Waals surface area contributed by atoms with Crippen LogP contribution in [0.25, 0.3) is 0 Å². The van der Waals surface area contributed by atoms with Gasteiger partial charge in [-0.05, 0) is 18.4 Å². The molecular formula is C12H13NO4S3. The summed E-state index contributed by atoms with van der Waals surface area (Å²) in [7, 11) is 0. The van der Waals surface area contributed by atoms with Crippen LogP contribution in [0, 0.1) is 0 Å². The average molecular weight is 331 g/mol. The van der Waals surface area contributed by atoms with Gasteiger partial charge in [0.1, 0.15) is 5.25 Å². The molecule has 0 radical (unpaired) electrons. The Morgan fingerprint density at radius 2 is 2.25 bits per heavy atom. The van der Waals surface area contributed by atoms with Crippen molar-refractivity contribution >= 4 is 51.9 Å². The molecule has 1 N–H and O–H groups in total. The summed E-state index contributed by atoms with van der Waals surface area (Å²) >= 11 is 3.56. The van der Waals surface area contributed by atoms with Gasteiger partial charge in [0.15, 0.2) is 0 Å². The Labute approximate surface area is 128 Å². The quantitative estimate of drug-likeness (QED) is 0.909. The van der Waals surface area contributed by atoms with Crippen molar-refractivity contribution in [3.05, 3.63) is 22.4 Å². The van der Waals surface area contributed by atoms with Gasteiger partial charge in [0, 0.05) is 6.54 Å². The summed E-state index contributed by atoms with van der Waals surface area (Å²) in [4.78, 5) is 37.1. The van der Waals surface area contributed by atoms with Crippen molar-refractivity contribution < 1.29 is 19.5 Å². The Morgan fingerprint density at radius 1 is 1.50 bits per heavy atom. The molecule has 1 aromatic heterocycles. The minimum absolute atomic E-state index is 0.123. The minimum atomic E-state index is -0.903. The fraction of sp³-hybridized carbons (Fsp3) is 0.417. The Kier molecular flexibility index (Phi) is 5.11. The number of carboxylic acid groups (broad SMARTS) is 1. The first kappa shape index (κ1) is 15.4. The molecule has 1 saturated heterocycles. The van der Waals surface area contributed by atoms with E-state index in [9.17, 15) is 14.4 Å². The monoisotopic (exact) mass is 331 g/mol. The van der Waals surface area contributed by atoms with Crippen LogP contribution in [0.5, 0.6) is 0 Å². The molecule has 8 heteroatoms. The van der Waals surface area contributed by atoms with Gasteiger partial charge < -0.3 is 10.0 Å². The van der Waals surface area contributed by atoms with Crippen LogP contribution < -0.4 is 0 Å². The molecular weight excluding hydrogens is 318 g/mol. The third-order valence-corrected chi connectivity index (χ3v) is 5.96. The van der Waals surface area contributed by atoms with Crippen molar-refractivity contribution in [1.29, 1.82) is 0 Å². The number of thioether (sulfide) groups is 2. The van der Waals surface area contributed by atoms with Crippen LogP contribution in [0.1, 0.15) is 16.6 Å². The molecule has 1 amide bonds. The average Bonchev–Trinajstić information content (AvgIpc) is 3.08. The highest BCUT2D eigenvalue weighted by molar-refractivity contribution is 8.15. The molecule has 1 aliphatic heterocycles. The summed E-state index contributed by atoms with van der Waals surface area (Å²) < 4.78 is 0. The highest BCUT2D eigenvalue weighted by Crippen LogP contribution is 2.27. The molecule has 0 spiro atoms. The van der Waals surface area contributed by atoms with Crippen molar-refractivity contribution in [2.45, 2.75) is 17.4 Å². The van der Waals surface area contributed by atoms with Crippen molar-refractivity contribution in [2.75, 3.05) is 12.4 Å². The number of rotatable bonds is 4. The summed E-state index contributed by atoms with van der Waals surface area (Å²) in [6.07, 6.45) is 0. The lowest BCUT2D eigenvalue weighted by Crippen LogP contribution is -2.36. The Bertz CT molecular complexity index is 517. The van der Waals surface area contributed by atoms with Gasteiger partial charge in [0.25, 0.3) is 0 Å². The second-order valence-corrected chi connectivity index (χ2v) is 7.63. The van der Waals surface area contributed by atoms with E-state index in [4.69, 9.17) is 5.11 Å². The Morgan fingerprint density at radius 3 is 2.80 bits per heavy atom. The molecule has 1 fully saturated rings. The topological polar surface area (TPSA) is 74.7 Å². The standard InChI is InChI=1S/C12H13NO4S3/c1-7(20-12(17)8-3-2-4-18-8)10(14)13-5-9(11(15)16)19-6-13/h2-4,7,9H,5-6H2,1H3,(H,15,16). The number of amides is 1. The Hall–Kier alpha value is -0.990. The van der Waals surface area contributed by atoms with Gasteiger partial charge >= 0.3 is 5.97 Å². The Balaban J connectivity index is 1.90. The third kappa shape index (κ3) is 3.56. The second-order valence-electron chi connectivity index (χ2n) is 4.21. The van der Waals surface area contributed by atoms with E-state index in [0.717, 1.165) is 11.8 Å². The maximum Gasteiger partial charge on any atom is 0.318 e. The van der Waals surface area contributed by atoms with Crippen LogP contribution in [-0.4, -0.2) is 49.9 Å². The van der Waals surface area contributed by atoms with Crippen molar-refractivity contribution in [3.8, 4) is 0 Å². The van der Waals surface area contributed by atoms with E-state index in [1.54, 1.807) is 19.1 Å². The van der Waals surface area contributed by atoms with Gasteiger partial charge in [-0.25, -0.2) is 0 Å². The third-order valence-electron chi connectivity index (χ3n) is 2.76. The number of carbonyl (C=O) groups is 3. The molecule has 2 atom stereocenters. The van der Waals surface area contributed by atoms with Gasteiger partial charge in [-0.15, -0.1) is 23.1 Å². The molecule has 2 rings (SSSR count). The van der Waals surface area contributed by atoms with Crippen LogP contribution >= 0.6 is 34.9 Å². The number of thiophene rings is 1. The fourth-order valence-corrected chi connectivity index (χ4v) is 4.33. The van der Waals surface area contributed by atoms with Crippen LogP contribution in [0.3, 0.4) is 0 Å². The highest BCUT2D eigenvalue weighted by atomic mass is 32.2. The zero-order valence-corrected chi connectivity index (χ0v) is 13.1. The maximum atomic E-state index is 12.2. The van der Waals surface area contributed by atoms with E-state index in [2.05, 4.69) is 0 Å². The molecule has 1 aromatic rings. The normalized spacial score (nSPS) is 19.9. The number of hydrogen-bond acceptors (Lipinski definition) is 6. The first-order valence-corrected chi connectivity index (χ1v) is 8.67. The molecule has 1 aliphatic rings. The summed E-state index contributed by atoms with van der Waals surface area (Å²) in [5, 5.41) is 9.53. The summed E-state index contributed by atoms with van der Waals surface area (Å²) in [6.45, 7) is 1.88. The summed E-state index contributed by atoms with van der Waals surface area (Å²) in [5.41, 5.74) is 0.